The third-order valence-electron chi connectivity index (χ3n) is 7.89. The number of rotatable bonds is 10. The van der Waals surface area contributed by atoms with E-state index in [1.165, 1.54) is 17.0 Å². The molecule has 0 saturated carbocycles. The Bertz CT molecular complexity index is 1420. The van der Waals surface area contributed by atoms with E-state index in [1.807, 2.05) is 18.2 Å². The number of carbonyl (C=O) groups excluding carboxylic acids is 3. The van der Waals surface area contributed by atoms with Gasteiger partial charge in [-0.1, -0.05) is 30.3 Å². The number of benzene rings is 2. The molecule has 12 nitrogen and oxygen atoms in total. The Morgan fingerprint density at radius 3 is 2.42 bits per heavy atom. The first-order chi connectivity index (χ1) is 20.1. The largest absolute Gasteiger partial charge is 0.466 e. The van der Waals surface area contributed by atoms with Crippen molar-refractivity contribution in [2.24, 2.45) is 17.6 Å². The van der Waals surface area contributed by atoms with E-state index in [2.05, 4.69) is 10.0 Å². The number of sulfonamides is 1. The smallest absolute Gasteiger partial charge is 0.309 e. The summed E-state index contributed by atoms with van der Waals surface area (Å²) in [5.74, 6) is -1.53. The second kappa shape index (κ2) is 15.3. The van der Waals surface area contributed by atoms with E-state index in [0.29, 0.717) is 32.5 Å². The number of guanidine groups is 1. The number of fused-ring (bicyclic) bond motifs is 1. The molecule has 0 aromatic heterocycles. The molecule has 2 fully saturated rings. The molecule has 2 amide bonds. The molecule has 2 saturated heterocycles. The van der Waals surface area contributed by atoms with Gasteiger partial charge in [-0.15, -0.1) is 12.4 Å². The van der Waals surface area contributed by atoms with E-state index in [4.69, 9.17) is 15.9 Å². The van der Waals surface area contributed by atoms with Crippen LogP contribution >= 0.6 is 12.4 Å². The fourth-order valence-corrected chi connectivity index (χ4v) is 6.78. The molecule has 2 aromatic carbocycles. The molecule has 2 aromatic rings. The number of carbonyl (C=O) groups is 3. The Kier molecular flexibility index (Phi) is 12.2. The number of amides is 2. The SMILES string of the molecule is CCOC(=O)C1CCN(C(=O)[C@H](CC(=O)NCC2CCCN(C(=N)N)C2)NS(=O)(=O)c2ccc3ccccc3c2)CC1.Cl. The van der Waals surface area contributed by atoms with Gasteiger partial charge in [0.2, 0.25) is 21.8 Å². The lowest BCUT2D eigenvalue weighted by Crippen LogP contribution is -2.53. The number of halogens is 1. The maximum absolute atomic E-state index is 13.6. The number of hydrogen-bond donors (Lipinski definition) is 4. The van der Waals surface area contributed by atoms with Gasteiger partial charge in [-0.05, 0) is 61.4 Å². The van der Waals surface area contributed by atoms with Crippen LogP contribution in [0.25, 0.3) is 10.8 Å². The summed E-state index contributed by atoms with van der Waals surface area (Å²) in [7, 11) is -4.16. The molecule has 2 atom stereocenters. The van der Waals surface area contributed by atoms with Crippen LogP contribution in [0.4, 0.5) is 0 Å². The quantitative estimate of drug-likeness (QED) is 0.173. The zero-order valence-corrected chi connectivity index (χ0v) is 25.9. The molecule has 14 heteroatoms. The topological polar surface area (TPSA) is 175 Å². The number of hydrogen-bond acceptors (Lipinski definition) is 7. The third kappa shape index (κ3) is 9.04. The van der Waals surface area contributed by atoms with Crippen LogP contribution in [-0.2, 0) is 29.1 Å². The van der Waals surface area contributed by atoms with Crippen LogP contribution in [0.5, 0.6) is 0 Å². The Hall–Kier alpha value is -3.42. The van der Waals surface area contributed by atoms with Crippen LogP contribution in [-0.4, -0.2) is 87.3 Å². The maximum Gasteiger partial charge on any atom is 0.309 e. The van der Waals surface area contributed by atoms with Crippen molar-refractivity contribution in [3.8, 4) is 0 Å². The molecule has 0 radical (unpaired) electrons. The summed E-state index contributed by atoms with van der Waals surface area (Å²) in [6.07, 6.45) is 2.11. The van der Waals surface area contributed by atoms with Gasteiger partial charge in [0.1, 0.15) is 6.04 Å². The second-order valence-corrected chi connectivity index (χ2v) is 12.6. The van der Waals surface area contributed by atoms with E-state index in [1.54, 1.807) is 24.0 Å². The molecular weight excluding hydrogens is 596 g/mol. The highest BCUT2D eigenvalue weighted by atomic mass is 35.5. The Morgan fingerprint density at radius 2 is 1.74 bits per heavy atom. The second-order valence-electron chi connectivity index (χ2n) is 10.9. The Labute approximate surface area is 258 Å². The lowest BCUT2D eigenvalue weighted by atomic mass is 9.96. The summed E-state index contributed by atoms with van der Waals surface area (Å²) in [5.41, 5.74) is 5.62. The molecule has 43 heavy (non-hydrogen) atoms. The minimum Gasteiger partial charge on any atom is -0.466 e. The minimum absolute atomic E-state index is 0. The minimum atomic E-state index is -4.16. The highest BCUT2D eigenvalue weighted by molar-refractivity contribution is 7.89. The van der Waals surface area contributed by atoms with Crippen molar-refractivity contribution in [2.45, 2.75) is 50.0 Å². The van der Waals surface area contributed by atoms with Gasteiger partial charge in [0.25, 0.3) is 0 Å². The average Bonchev–Trinajstić information content (AvgIpc) is 2.99. The van der Waals surface area contributed by atoms with E-state index in [9.17, 15) is 22.8 Å². The van der Waals surface area contributed by atoms with Crippen LogP contribution in [0.15, 0.2) is 47.4 Å². The van der Waals surface area contributed by atoms with Gasteiger partial charge in [0.15, 0.2) is 5.96 Å². The van der Waals surface area contributed by atoms with E-state index in [-0.39, 0.29) is 67.2 Å². The van der Waals surface area contributed by atoms with Gasteiger partial charge >= 0.3 is 5.97 Å². The molecule has 0 spiro atoms. The molecule has 2 aliphatic heterocycles. The first-order valence-electron chi connectivity index (χ1n) is 14.4. The summed E-state index contributed by atoms with van der Waals surface area (Å²) in [4.78, 5) is 42.1. The summed E-state index contributed by atoms with van der Waals surface area (Å²) < 4.78 is 34.5. The van der Waals surface area contributed by atoms with Crippen molar-refractivity contribution < 1.29 is 27.5 Å². The van der Waals surface area contributed by atoms with Crippen LogP contribution in [0.3, 0.4) is 0 Å². The van der Waals surface area contributed by atoms with Crippen LogP contribution in [0.2, 0.25) is 0 Å². The van der Waals surface area contributed by atoms with Crippen LogP contribution in [0, 0.1) is 17.2 Å². The number of ether oxygens (including phenoxy) is 1. The number of likely N-dealkylation sites (tertiary alicyclic amines) is 2. The highest BCUT2D eigenvalue weighted by Gasteiger charge is 2.35. The number of nitrogens with two attached hydrogens (primary N) is 1. The van der Waals surface area contributed by atoms with Crippen molar-refractivity contribution in [1.82, 2.24) is 19.8 Å². The van der Waals surface area contributed by atoms with Crippen molar-refractivity contribution in [3.63, 3.8) is 0 Å². The van der Waals surface area contributed by atoms with Crippen molar-refractivity contribution in [1.29, 1.82) is 5.41 Å². The number of esters is 1. The number of nitrogens with one attached hydrogen (secondary N) is 3. The Balaban J connectivity index is 0.00000506. The van der Waals surface area contributed by atoms with E-state index < -0.39 is 27.9 Å². The summed E-state index contributed by atoms with van der Waals surface area (Å²) in [5, 5.41) is 12.1. The van der Waals surface area contributed by atoms with Crippen LogP contribution in [0.1, 0.15) is 39.0 Å². The molecule has 236 valence electrons. The normalized spacial score (nSPS) is 18.4. The third-order valence-corrected chi connectivity index (χ3v) is 9.36. The molecule has 2 heterocycles. The summed E-state index contributed by atoms with van der Waals surface area (Å²) >= 11 is 0. The fraction of sp³-hybridized carbons (Fsp3) is 0.517. The van der Waals surface area contributed by atoms with E-state index >= 15 is 0 Å². The van der Waals surface area contributed by atoms with Crippen LogP contribution < -0.4 is 15.8 Å². The molecule has 4 rings (SSSR count). The van der Waals surface area contributed by atoms with Gasteiger partial charge < -0.3 is 25.6 Å². The van der Waals surface area contributed by atoms with Gasteiger partial charge in [0.05, 0.1) is 23.8 Å². The van der Waals surface area contributed by atoms with Gasteiger partial charge in [-0.25, -0.2) is 8.42 Å². The zero-order valence-electron chi connectivity index (χ0n) is 24.3. The molecule has 1 unspecified atom stereocenters. The van der Waals surface area contributed by atoms with Gasteiger partial charge in [-0.2, -0.15) is 4.72 Å². The highest BCUT2D eigenvalue weighted by Crippen LogP contribution is 2.22. The zero-order chi connectivity index (χ0) is 30.3. The maximum atomic E-state index is 13.6. The predicted octanol–water partition coefficient (Wildman–Crippen LogP) is 1.82. The van der Waals surface area contributed by atoms with Crippen molar-refractivity contribution in [3.05, 3.63) is 42.5 Å². The molecule has 5 N–H and O–H groups in total. The van der Waals surface area contributed by atoms with Crippen molar-refractivity contribution >= 4 is 56.9 Å². The average molecular weight is 637 g/mol. The van der Waals surface area contributed by atoms with Gasteiger partial charge in [0, 0.05) is 32.7 Å². The first-order valence-corrected chi connectivity index (χ1v) is 15.9. The first kappa shape index (κ1) is 34.1. The summed E-state index contributed by atoms with van der Waals surface area (Å²) in [6.45, 7) is 4.08. The lowest BCUT2D eigenvalue weighted by Gasteiger charge is -2.34. The summed E-state index contributed by atoms with van der Waals surface area (Å²) in [6, 6.07) is 10.7. The number of piperidine rings is 2. The molecule has 0 bridgehead atoms. The van der Waals surface area contributed by atoms with Crippen molar-refractivity contribution in [2.75, 3.05) is 39.3 Å². The molecule has 2 aliphatic rings. The molecule has 0 aliphatic carbocycles. The van der Waals surface area contributed by atoms with E-state index in [0.717, 1.165) is 23.6 Å². The fourth-order valence-electron chi connectivity index (χ4n) is 5.55. The number of nitrogens with zero attached hydrogens (tertiary/aromatic N) is 2. The monoisotopic (exact) mass is 636 g/mol. The Morgan fingerprint density at radius 1 is 1.05 bits per heavy atom. The molecular formula is C29H41ClN6O6S. The standard InChI is InChI=1S/C29H40N6O6S.ClH/c1-2-41-28(38)22-11-14-34(15-12-22)27(37)25(17-26(36)32-18-20-6-5-13-35(19-20)29(30)31)33-42(39,40)24-10-9-21-7-3-4-8-23(21)16-24;/h3-4,7-10,16,20,22,25,33H,2,5-6,11-15,17-19H2,1H3,(H3,30,31)(H,32,36);1H/t20?,25-;/m0./s1. The van der Waals surface area contributed by atoms with Gasteiger partial charge in [-0.3, -0.25) is 19.8 Å². The predicted molar refractivity (Wildman–Crippen MR) is 165 cm³/mol. The lowest BCUT2D eigenvalue weighted by molar-refractivity contribution is -0.151.